The molecule has 3 N–H and O–H groups in total. The maximum atomic E-state index is 5.71. The number of hydrogen-bond donors (Lipinski definition) is 2. The highest BCUT2D eigenvalue weighted by Crippen LogP contribution is 2.14. The third-order valence-electron chi connectivity index (χ3n) is 1.99. The number of nitrogens with zero attached hydrogens (tertiary/aromatic N) is 2. The summed E-state index contributed by atoms with van der Waals surface area (Å²) in [5.41, 5.74) is 7.47. The van der Waals surface area contributed by atoms with Gasteiger partial charge in [-0.15, -0.1) is 0 Å². The number of imidazole rings is 1. The topological polar surface area (TPSA) is 67.6 Å². The minimum absolute atomic E-state index is 0.0278. The largest absolute Gasteiger partial charge is 0.339 e. The Morgan fingerprint density at radius 1 is 1.36 bits per heavy atom. The van der Waals surface area contributed by atoms with Gasteiger partial charge in [0.25, 0.3) is 0 Å². The van der Waals surface area contributed by atoms with Gasteiger partial charge in [-0.05, 0) is 19.1 Å². The van der Waals surface area contributed by atoms with Crippen LogP contribution >= 0.6 is 0 Å². The highest BCUT2D eigenvalue weighted by atomic mass is 15.0. The molecule has 2 heterocycles. The third-order valence-corrected chi connectivity index (χ3v) is 1.99. The Morgan fingerprint density at radius 2 is 2.21 bits per heavy atom. The average molecular weight is 188 g/mol. The van der Waals surface area contributed by atoms with Crippen LogP contribution in [0.4, 0.5) is 0 Å². The second-order valence-corrected chi connectivity index (χ2v) is 3.19. The predicted molar refractivity (Wildman–Crippen MR) is 54.4 cm³/mol. The molecule has 2 aromatic rings. The lowest BCUT2D eigenvalue weighted by Gasteiger charge is -1.99. The molecule has 0 aliphatic carbocycles. The molecule has 0 saturated carbocycles. The van der Waals surface area contributed by atoms with E-state index in [0.29, 0.717) is 0 Å². The summed E-state index contributed by atoms with van der Waals surface area (Å²) < 4.78 is 0. The highest BCUT2D eigenvalue weighted by Gasteiger charge is 2.06. The van der Waals surface area contributed by atoms with E-state index in [1.54, 1.807) is 12.4 Å². The Morgan fingerprint density at radius 3 is 2.79 bits per heavy atom. The molecule has 0 bridgehead atoms. The van der Waals surface area contributed by atoms with Crippen molar-refractivity contribution in [1.82, 2.24) is 15.0 Å². The van der Waals surface area contributed by atoms with E-state index >= 15 is 0 Å². The van der Waals surface area contributed by atoms with Gasteiger partial charge in [-0.3, -0.25) is 4.98 Å². The first-order valence-corrected chi connectivity index (χ1v) is 4.49. The Labute approximate surface area is 82.2 Å². The van der Waals surface area contributed by atoms with Crippen molar-refractivity contribution in [1.29, 1.82) is 0 Å². The molecule has 1 unspecified atom stereocenters. The summed E-state index contributed by atoms with van der Waals surface area (Å²) >= 11 is 0. The number of nitrogens with two attached hydrogens (primary N) is 1. The highest BCUT2D eigenvalue weighted by molar-refractivity contribution is 5.48. The monoisotopic (exact) mass is 188 g/mol. The molecule has 72 valence electrons. The van der Waals surface area contributed by atoms with Crippen molar-refractivity contribution in [3.05, 3.63) is 36.3 Å². The van der Waals surface area contributed by atoms with Gasteiger partial charge in [0, 0.05) is 12.2 Å². The number of aromatic nitrogens is 3. The smallest absolute Gasteiger partial charge is 0.156 e. The first-order chi connectivity index (χ1) is 6.77. The molecule has 0 aliphatic rings. The van der Waals surface area contributed by atoms with E-state index < -0.39 is 0 Å². The Kier molecular flexibility index (Phi) is 2.28. The molecule has 4 nitrogen and oxygen atoms in total. The number of hydrogen-bond acceptors (Lipinski definition) is 3. The molecule has 1 atom stereocenters. The molecule has 0 spiro atoms. The minimum Gasteiger partial charge on any atom is -0.339 e. The SMILES string of the molecule is CC(N)c1cnc(-c2ccccn2)[nH]1. The van der Waals surface area contributed by atoms with Gasteiger partial charge in [-0.1, -0.05) is 6.07 Å². The second kappa shape index (κ2) is 3.59. The van der Waals surface area contributed by atoms with Crippen molar-refractivity contribution in [2.45, 2.75) is 13.0 Å². The van der Waals surface area contributed by atoms with E-state index in [1.165, 1.54) is 0 Å². The molecule has 0 aromatic carbocycles. The van der Waals surface area contributed by atoms with Gasteiger partial charge in [-0.2, -0.15) is 0 Å². The van der Waals surface area contributed by atoms with Gasteiger partial charge in [0.15, 0.2) is 5.82 Å². The number of pyridine rings is 1. The minimum atomic E-state index is -0.0278. The van der Waals surface area contributed by atoms with E-state index in [2.05, 4.69) is 15.0 Å². The molecule has 0 amide bonds. The van der Waals surface area contributed by atoms with Crippen molar-refractivity contribution in [3.63, 3.8) is 0 Å². The van der Waals surface area contributed by atoms with Crippen LogP contribution in [0.1, 0.15) is 18.7 Å². The summed E-state index contributed by atoms with van der Waals surface area (Å²) in [5, 5.41) is 0. The van der Waals surface area contributed by atoms with Crippen LogP contribution in [0, 0.1) is 0 Å². The summed E-state index contributed by atoms with van der Waals surface area (Å²) in [6.07, 6.45) is 3.48. The van der Waals surface area contributed by atoms with Crippen LogP contribution < -0.4 is 5.73 Å². The first-order valence-electron chi connectivity index (χ1n) is 4.49. The lowest BCUT2D eigenvalue weighted by atomic mass is 10.3. The van der Waals surface area contributed by atoms with Crippen molar-refractivity contribution in [3.8, 4) is 11.5 Å². The quantitative estimate of drug-likeness (QED) is 0.750. The molecule has 4 heteroatoms. The normalized spacial score (nSPS) is 12.7. The summed E-state index contributed by atoms with van der Waals surface area (Å²) in [6, 6.07) is 5.68. The number of nitrogens with one attached hydrogen (secondary N) is 1. The fraction of sp³-hybridized carbons (Fsp3) is 0.200. The van der Waals surface area contributed by atoms with Gasteiger partial charge in [0.05, 0.1) is 11.9 Å². The van der Waals surface area contributed by atoms with Crippen LogP contribution in [-0.2, 0) is 0 Å². The van der Waals surface area contributed by atoms with Gasteiger partial charge < -0.3 is 10.7 Å². The van der Waals surface area contributed by atoms with Crippen molar-refractivity contribution < 1.29 is 0 Å². The van der Waals surface area contributed by atoms with E-state index in [4.69, 9.17) is 5.73 Å². The van der Waals surface area contributed by atoms with Crippen LogP contribution in [0.5, 0.6) is 0 Å². The van der Waals surface area contributed by atoms with E-state index in [-0.39, 0.29) is 6.04 Å². The molecule has 2 rings (SSSR count). The molecule has 0 radical (unpaired) electrons. The zero-order chi connectivity index (χ0) is 9.97. The first kappa shape index (κ1) is 8.90. The molecule has 0 fully saturated rings. The summed E-state index contributed by atoms with van der Waals surface area (Å²) in [4.78, 5) is 11.5. The van der Waals surface area contributed by atoms with Crippen molar-refractivity contribution >= 4 is 0 Å². The van der Waals surface area contributed by atoms with Crippen molar-refractivity contribution in [2.24, 2.45) is 5.73 Å². The zero-order valence-corrected chi connectivity index (χ0v) is 7.94. The molecular formula is C10H12N4. The van der Waals surface area contributed by atoms with Crippen molar-refractivity contribution in [2.75, 3.05) is 0 Å². The molecule has 14 heavy (non-hydrogen) atoms. The van der Waals surface area contributed by atoms with Crippen LogP contribution in [-0.4, -0.2) is 15.0 Å². The number of H-pyrrole nitrogens is 1. The van der Waals surface area contributed by atoms with Gasteiger partial charge >= 0.3 is 0 Å². The lowest BCUT2D eigenvalue weighted by Crippen LogP contribution is -2.04. The summed E-state index contributed by atoms with van der Waals surface area (Å²) in [5.74, 6) is 0.762. The van der Waals surface area contributed by atoms with Crippen LogP contribution in [0.15, 0.2) is 30.6 Å². The Hall–Kier alpha value is -1.68. The van der Waals surface area contributed by atoms with E-state index in [9.17, 15) is 0 Å². The average Bonchev–Trinajstić information content (AvgIpc) is 2.68. The summed E-state index contributed by atoms with van der Waals surface area (Å²) in [7, 11) is 0. The lowest BCUT2D eigenvalue weighted by molar-refractivity contribution is 0.789. The van der Waals surface area contributed by atoms with Crippen LogP contribution in [0.3, 0.4) is 0 Å². The summed E-state index contributed by atoms with van der Waals surface area (Å²) in [6.45, 7) is 1.91. The van der Waals surface area contributed by atoms with Gasteiger partial charge in [-0.25, -0.2) is 4.98 Å². The fourth-order valence-corrected chi connectivity index (χ4v) is 1.20. The molecular weight excluding hydrogens is 176 g/mol. The maximum Gasteiger partial charge on any atom is 0.156 e. The van der Waals surface area contributed by atoms with Crippen LogP contribution in [0.2, 0.25) is 0 Å². The standard InChI is InChI=1S/C10H12N4/c1-7(11)9-6-13-10(14-9)8-4-2-3-5-12-8/h2-7H,11H2,1H3,(H,13,14). The number of rotatable bonds is 2. The number of aromatic amines is 1. The van der Waals surface area contributed by atoms with E-state index in [0.717, 1.165) is 17.2 Å². The third kappa shape index (κ3) is 1.65. The predicted octanol–water partition coefficient (Wildman–Crippen LogP) is 1.49. The van der Waals surface area contributed by atoms with E-state index in [1.807, 2.05) is 25.1 Å². The molecule has 0 saturated heterocycles. The zero-order valence-electron chi connectivity index (χ0n) is 7.94. The second-order valence-electron chi connectivity index (χ2n) is 3.19. The molecule has 0 aliphatic heterocycles. The van der Waals surface area contributed by atoms with Gasteiger partial charge in [0.2, 0.25) is 0 Å². The fourth-order valence-electron chi connectivity index (χ4n) is 1.20. The van der Waals surface area contributed by atoms with Gasteiger partial charge in [0.1, 0.15) is 5.69 Å². The molecule has 2 aromatic heterocycles. The Bertz CT molecular complexity index is 405. The Balaban J connectivity index is 2.34. The maximum absolute atomic E-state index is 5.71. The van der Waals surface area contributed by atoms with Crippen LogP contribution in [0.25, 0.3) is 11.5 Å².